The Labute approximate surface area is 92.3 Å². The third-order valence-corrected chi connectivity index (χ3v) is 2.05. The molecule has 0 fully saturated rings. The Hall–Kier alpha value is -2.30. The van der Waals surface area contributed by atoms with Gasteiger partial charge in [-0.25, -0.2) is 4.98 Å². The summed E-state index contributed by atoms with van der Waals surface area (Å²) < 4.78 is 5.09. The van der Waals surface area contributed by atoms with Gasteiger partial charge in [0, 0.05) is 6.20 Å². The molecule has 82 valence electrons. The van der Waals surface area contributed by atoms with Gasteiger partial charge < -0.3 is 15.5 Å². The number of furan rings is 1. The van der Waals surface area contributed by atoms with Crippen molar-refractivity contribution >= 4 is 11.7 Å². The lowest BCUT2D eigenvalue weighted by Crippen LogP contribution is -2.22. The highest BCUT2D eigenvalue weighted by atomic mass is 16.3. The molecule has 0 atom stereocenters. The largest absolute Gasteiger partial charge is 0.467 e. The first kappa shape index (κ1) is 10.2. The summed E-state index contributed by atoms with van der Waals surface area (Å²) in [6.45, 7) is 0.357. The zero-order valence-electron chi connectivity index (χ0n) is 8.51. The van der Waals surface area contributed by atoms with E-state index in [1.54, 1.807) is 30.5 Å². The number of nitrogens with two attached hydrogens (primary N) is 1. The molecule has 0 radical (unpaired) electrons. The summed E-state index contributed by atoms with van der Waals surface area (Å²) in [5, 5.41) is 2.71. The number of carbonyl (C=O) groups is 1. The lowest BCUT2D eigenvalue weighted by Gasteiger charge is -2.02. The fourth-order valence-electron chi connectivity index (χ4n) is 1.22. The topological polar surface area (TPSA) is 81.2 Å². The lowest BCUT2D eigenvalue weighted by atomic mass is 10.2. The van der Waals surface area contributed by atoms with Gasteiger partial charge in [-0.3, -0.25) is 4.79 Å². The molecular formula is C11H11N3O2. The molecule has 5 nitrogen and oxygen atoms in total. The summed E-state index contributed by atoms with van der Waals surface area (Å²) in [5.74, 6) is 0.892. The van der Waals surface area contributed by atoms with Crippen molar-refractivity contribution in [2.75, 3.05) is 5.73 Å². The molecule has 0 saturated carbocycles. The van der Waals surface area contributed by atoms with Gasteiger partial charge in [-0.1, -0.05) is 0 Å². The van der Waals surface area contributed by atoms with Crippen molar-refractivity contribution in [3.63, 3.8) is 0 Å². The third kappa shape index (κ3) is 2.38. The van der Waals surface area contributed by atoms with Crippen molar-refractivity contribution in [2.24, 2.45) is 0 Å². The van der Waals surface area contributed by atoms with Crippen molar-refractivity contribution in [3.8, 4) is 0 Å². The molecule has 2 aromatic heterocycles. The predicted octanol–water partition coefficient (Wildman–Crippen LogP) is 1.19. The van der Waals surface area contributed by atoms with Crippen LogP contribution in [0.2, 0.25) is 0 Å². The minimum Gasteiger partial charge on any atom is -0.467 e. The second-order valence-corrected chi connectivity index (χ2v) is 3.23. The van der Waals surface area contributed by atoms with E-state index in [1.807, 2.05) is 0 Å². The van der Waals surface area contributed by atoms with Crippen molar-refractivity contribution in [1.82, 2.24) is 10.3 Å². The lowest BCUT2D eigenvalue weighted by molar-refractivity contribution is 0.0947. The minimum absolute atomic E-state index is 0.205. The molecule has 0 aromatic carbocycles. The van der Waals surface area contributed by atoms with Gasteiger partial charge in [-0.2, -0.15) is 0 Å². The Balaban J connectivity index is 1.95. The number of aromatic nitrogens is 1. The van der Waals surface area contributed by atoms with Gasteiger partial charge in [0.1, 0.15) is 11.6 Å². The molecule has 0 spiro atoms. The summed E-state index contributed by atoms with van der Waals surface area (Å²) in [5.41, 5.74) is 5.89. The van der Waals surface area contributed by atoms with Crippen molar-refractivity contribution in [1.29, 1.82) is 0 Å². The van der Waals surface area contributed by atoms with Crippen LogP contribution < -0.4 is 11.1 Å². The Morgan fingerprint density at radius 2 is 2.31 bits per heavy atom. The smallest absolute Gasteiger partial charge is 0.253 e. The maximum Gasteiger partial charge on any atom is 0.253 e. The zero-order valence-corrected chi connectivity index (χ0v) is 8.51. The number of nitrogens with one attached hydrogen (secondary N) is 1. The van der Waals surface area contributed by atoms with Crippen LogP contribution in [0.25, 0.3) is 0 Å². The Morgan fingerprint density at radius 3 is 2.94 bits per heavy atom. The first-order valence-corrected chi connectivity index (χ1v) is 4.78. The molecule has 2 rings (SSSR count). The molecule has 16 heavy (non-hydrogen) atoms. The van der Waals surface area contributed by atoms with Crippen LogP contribution in [0.4, 0.5) is 5.82 Å². The first-order valence-electron chi connectivity index (χ1n) is 4.78. The molecule has 0 bridgehead atoms. The molecule has 1 amide bonds. The summed E-state index contributed by atoms with van der Waals surface area (Å²) in [7, 11) is 0. The maximum absolute atomic E-state index is 11.6. The summed E-state index contributed by atoms with van der Waals surface area (Å²) >= 11 is 0. The fraction of sp³-hybridized carbons (Fsp3) is 0.0909. The number of hydrogen-bond donors (Lipinski definition) is 2. The van der Waals surface area contributed by atoms with Crippen LogP contribution in [0.5, 0.6) is 0 Å². The number of nitrogens with zero attached hydrogens (tertiary/aromatic N) is 1. The van der Waals surface area contributed by atoms with Crippen LogP contribution in [0, 0.1) is 0 Å². The van der Waals surface area contributed by atoms with E-state index in [2.05, 4.69) is 10.3 Å². The maximum atomic E-state index is 11.6. The minimum atomic E-state index is -0.205. The van der Waals surface area contributed by atoms with E-state index in [-0.39, 0.29) is 5.91 Å². The number of carbonyl (C=O) groups excluding carboxylic acids is 1. The van der Waals surface area contributed by atoms with Gasteiger partial charge in [-0.05, 0) is 24.3 Å². The first-order chi connectivity index (χ1) is 7.75. The highest BCUT2D eigenvalue weighted by Crippen LogP contribution is 2.03. The van der Waals surface area contributed by atoms with Crippen LogP contribution in [-0.2, 0) is 6.54 Å². The highest BCUT2D eigenvalue weighted by Gasteiger charge is 2.05. The van der Waals surface area contributed by atoms with Gasteiger partial charge in [0.2, 0.25) is 0 Å². The highest BCUT2D eigenvalue weighted by molar-refractivity contribution is 5.93. The molecule has 0 unspecified atom stereocenters. The number of amides is 1. The zero-order chi connectivity index (χ0) is 11.4. The number of anilines is 1. The molecule has 5 heteroatoms. The average molecular weight is 217 g/mol. The van der Waals surface area contributed by atoms with E-state index < -0.39 is 0 Å². The average Bonchev–Trinajstić information content (AvgIpc) is 2.80. The number of nitrogen functional groups attached to an aromatic ring is 1. The number of hydrogen-bond acceptors (Lipinski definition) is 4. The third-order valence-electron chi connectivity index (χ3n) is 2.05. The Morgan fingerprint density at radius 1 is 1.44 bits per heavy atom. The van der Waals surface area contributed by atoms with Crippen LogP contribution in [0.3, 0.4) is 0 Å². The number of rotatable bonds is 3. The second kappa shape index (κ2) is 4.48. The van der Waals surface area contributed by atoms with E-state index in [1.165, 1.54) is 6.20 Å². The molecule has 0 aliphatic carbocycles. The molecule has 0 aliphatic rings. The quantitative estimate of drug-likeness (QED) is 0.809. The molecule has 3 N–H and O–H groups in total. The van der Waals surface area contributed by atoms with Crippen molar-refractivity contribution in [3.05, 3.63) is 48.0 Å². The second-order valence-electron chi connectivity index (χ2n) is 3.23. The monoisotopic (exact) mass is 217 g/mol. The van der Waals surface area contributed by atoms with E-state index in [0.29, 0.717) is 23.7 Å². The van der Waals surface area contributed by atoms with E-state index in [4.69, 9.17) is 10.2 Å². The van der Waals surface area contributed by atoms with Crippen LogP contribution >= 0.6 is 0 Å². The van der Waals surface area contributed by atoms with E-state index >= 15 is 0 Å². The van der Waals surface area contributed by atoms with Gasteiger partial charge >= 0.3 is 0 Å². The number of pyridine rings is 1. The standard InChI is InChI=1S/C11H11N3O2/c12-10-4-3-8(6-13-10)11(15)14-7-9-2-1-5-16-9/h1-6H,7H2,(H2,12,13)(H,14,15). The summed E-state index contributed by atoms with van der Waals surface area (Å²) in [4.78, 5) is 15.5. The van der Waals surface area contributed by atoms with Crippen LogP contribution in [0.1, 0.15) is 16.1 Å². The van der Waals surface area contributed by atoms with Crippen molar-refractivity contribution < 1.29 is 9.21 Å². The SMILES string of the molecule is Nc1ccc(C(=O)NCc2ccco2)cn1. The van der Waals surface area contributed by atoms with Crippen molar-refractivity contribution in [2.45, 2.75) is 6.54 Å². The normalized spacial score (nSPS) is 10.0. The predicted molar refractivity (Wildman–Crippen MR) is 58.5 cm³/mol. The fourth-order valence-corrected chi connectivity index (χ4v) is 1.22. The van der Waals surface area contributed by atoms with Crippen LogP contribution in [-0.4, -0.2) is 10.9 Å². The van der Waals surface area contributed by atoms with Gasteiger partial charge in [-0.15, -0.1) is 0 Å². The summed E-state index contributed by atoms with van der Waals surface area (Å²) in [6.07, 6.45) is 3.00. The van der Waals surface area contributed by atoms with Gasteiger partial charge in [0.15, 0.2) is 0 Å². The molecule has 2 aromatic rings. The van der Waals surface area contributed by atoms with E-state index in [9.17, 15) is 4.79 Å². The Bertz CT molecular complexity index is 462. The molecule has 0 aliphatic heterocycles. The molecular weight excluding hydrogens is 206 g/mol. The Kier molecular flexibility index (Phi) is 2.86. The van der Waals surface area contributed by atoms with Gasteiger partial charge in [0.05, 0.1) is 18.4 Å². The summed E-state index contributed by atoms with van der Waals surface area (Å²) in [6, 6.07) is 6.77. The van der Waals surface area contributed by atoms with Gasteiger partial charge in [0.25, 0.3) is 5.91 Å². The van der Waals surface area contributed by atoms with E-state index in [0.717, 1.165) is 0 Å². The van der Waals surface area contributed by atoms with Crippen LogP contribution in [0.15, 0.2) is 41.1 Å². The molecule has 2 heterocycles. The molecule has 0 saturated heterocycles.